The summed E-state index contributed by atoms with van der Waals surface area (Å²) >= 11 is 1.24. The number of hydrogen-bond acceptors (Lipinski definition) is 8. The number of methoxy groups -OCH3 is 1. The zero-order chi connectivity index (χ0) is 18.1. The minimum atomic E-state index is -0.459. The molecular weight excluding hydrogens is 358 g/mol. The molecule has 1 N–H and O–H groups in total. The van der Waals surface area contributed by atoms with Gasteiger partial charge in [0.25, 0.3) is 5.91 Å². The van der Waals surface area contributed by atoms with Crippen molar-refractivity contribution in [1.82, 2.24) is 10.1 Å². The predicted molar refractivity (Wildman–Crippen MR) is 93.1 cm³/mol. The maximum Gasteiger partial charge on any atom is 0.337 e. The van der Waals surface area contributed by atoms with E-state index in [-0.39, 0.29) is 5.69 Å². The molecule has 0 aliphatic heterocycles. The van der Waals surface area contributed by atoms with Crippen molar-refractivity contribution in [2.75, 3.05) is 12.4 Å². The molecule has 4 aromatic rings. The molecule has 3 heterocycles. The van der Waals surface area contributed by atoms with Crippen LogP contribution in [0.2, 0.25) is 0 Å². The number of benzene rings is 1. The lowest BCUT2D eigenvalue weighted by Crippen LogP contribution is -2.11. The lowest BCUT2D eigenvalue weighted by molar-refractivity contribution is 0.0601. The molecule has 0 unspecified atom stereocenters. The number of nitrogens with zero attached hydrogens (tertiary/aromatic N) is 2. The molecule has 0 saturated heterocycles. The van der Waals surface area contributed by atoms with E-state index in [4.69, 9.17) is 13.7 Å². The molecule has 0 atom stereocenters. The van der Waals surface area contributed by atoms with Gasteiger partial charge in [0.05, 0.1) is 29.2 Å². The van der Waals surface area contributed by atoms with E-state index in [1.54, 1.807) is 30.3 Å². The van der Waals surface area contributed by atoms with Gasteiger partial charge in [0.15, 0.2) is 16.6 Å². The third-order valence-electron chi connectivity index (χ3n) is 3.54. The van der Waals surface area contributed by atoms with Gasteiger partial charge < -0.3 is 13.7 Å². The summed E-state index contributed by atoms with van der Waals surface area (Å²) in [7, 11) is 1.32. The highest BCUT2D eigenvalue weighted by Gasteiger charge is 2.17. The lowest BCUT2D eigenvalue weighted by Gasteiger charge is -1.97. The van der Waals surface area contributed by atoms with Gasteiger partial charge in [0.2, 0.25) is 5.76 Å². The number of nitrogens with one attached hydrogen (secondary N) is 1. The van der Waals surface area contributed by atoms with E-state index >= 15 is 0 Å². The summed E-state index contributed by atoms with van der Waals surface area (Å²) in [5.41, 5.74) is 1.18. The normalized spacial score (nSPS) is 10.8. The number of esters is 1. The van der Waals surface area contributed by atoms with E-state index in [2.05, 4.69) is 15.5 Å². The second-order valence-corrected chi connectivity index (χ2v) is 6.23. The molecule has 26 heavy (non-hydrogen) atoms. The van der Waals surface area contributed by atoms with Crippen molar-refractivity contribution in [2.45, 2.75) is 0 Å². The van der Waals surface area contributed by atoms with Gasteiger partial charge in [0.1, 0.15) is 0 Å². The largest absolute Gasteiger partial charge is 0.465 e. The van der Waals surface area contributed by atoms with Gasteiger partial charge in [-0.2, -0.15) is 0 Å². The lowest BCUT2D eigenvalue weighted by atomic mass is 10.2. The van der Waals surface area contributed by atoms with E-state index in [1.165, 1.54) is 30.8 Å². The van der Waals surface area contributed by atoms with Crippen LogP contribution in [0.3, 0.4) is 0 Å². The summed E-state index contributed by atoms with van der Waals surface area (Å²) in [6.07, 6.45) is 1.50. The fourth-order valence-electron chi connectivity index (χ4n) is 2.30. The highest BCUT2D eigenvalue weighted by Crippen LogP contribution is 2.28. The van der Waals surface area contributed by atoms with E-state index in [0.29, 0.717) is 27.7 Å². The topological polar surface area (TPSA) is 107 Å². The van der Waals surface area contributed by atoms with E-state index in [0.717, 1.165) is 4.70 Å². The van der Waals surface area contributed by atoms with Crippen molar-refractivity contribution < 1.29 is 23.3 Å². The van der Waals surface area contributed by atoms with Crippen LogP contribution in [-0.4, -0.2) is 29.1 Å². The van der Waals surface area contributed by atoms with Crippen LogP contribution in [0.25, 0.3) is 21.7 Å². The molecule has 130 valence electrons. The van der Waals surface area contributed by atoms with E-state index < -0.39 is 11.9 Å². The number of carbonyl (C=O) groups is 2. The van der Waals surface area contributed by atoms with Crippen molar-refractivity contribution in [3.8, 4) is 11.5 Å². The first kappa shape index (κ1) is 16.0. The molecular formula is C17H11N3O5S. The molecule has 0 aliphatic rings. The van der Waals surface area contributed by atoms with Gasteiger partial charge in [-0.05, 0) is 30.3 Å². The van der Waals surface area contributed by atoms with E-state index in [1.807, 2.05) is 0 Å². The molecule has 0 spiro atoms. The highest BCUT2D eigenvalue weighted by atomic mass is 32.1. The molecule has 3 aromatic heterocycles. The Labute approximate surface area is 150 Å². The SMILES string of the molecule is COC(=O)c1ccc2nc(NC(=O)c3cc(-c4ccco4)on3)sc2c1. The quantitative estimate of drug-likeness (QED) is 0.548. The number of thiazole rings is 1. The molecule has 1 amide bonds. The van der Waals surface area contributed by atoms with Gasteiger partial charge in [-0.1, -0.05) is 16.5 Å². The van der Waals surface area contributed by atoms with Gasteiger partial charge in [-0.3, -0.25) is 10.1 Å². The Bertz CT molecular complexity index is 1100. The monoisotopic (exact) mass is 369 g/mol. The van der Waals surface area contributed by atoms with Crippen molar-refractivity contribution >= 4 is 38.6 Å². The fraction of sp³-hybridized carbons (Fsp3) is 0.0588. The number of carbonyl (C=O) groups excluding carboxylic acids is 2. The van der Waals surface area contributed by atoms with Gasteiger partial charge in [0, 0.05) is 6.07 Å². The van der Waals surface area contributed by atoms with Crippen LogP contribution >= 0.6 is 11.3 Å². The maximum absolute atomic E-state index is 12.3. The van der Waals surface area contributed by atoms with Crippen molar-refractivity contribution in [3.63, 3.8) is 0 Å². The van der Waals surface area contributed by atoms with Gasteiger partial charge >= 0.3 is 5.97 Å². The van der Waals surface area contributed by atoms with Crippen LogP contribution in [0.5, 0.6) is 0 Å². The molecule has 8 nitrogen and oxygen atoms in total. The molecule has 0 aliphatic carbocycles. The predicted octanol–water partition coefficient (Wildman–Crippen LogP) is 3.58. The van der Waals surface area contributed by atoms with E-state index in [9.17, 15) is 9.59 Å². The third kappa shape index (κ3) is 2.95. The van der Waals surface area contributed by atoms with Crippen molar-refractivity contribution in [3.05, 3.63) is 53.9 Å². The van der Waals surface area contributed by atoms with Crippen LogP contribution in [-0.2, 0) is 4.74 Å². The van der Waals surface area contributed by atoms with Crippen LogP contribution in [0.1, 0.15) is 20.8 Å². The minimum absolute atomic E-state index is 0.103. The van der Waals surface area contributed by atoms with Crippen LogP contribution in [0, 0.1) is 0 Å². The third-order valence-corrected chi connectivity index (χ3v) is 4.47. The molecule has 4 rings (SSSR count). The maximum atomic E-state index is 12.3. The molecule has 0 saturated carbocycles. The molecule has 0 fully saturated rings. The fourth-order valence-corrected chi connectivity index (χ4v) is 3.20. The van der Waals surface area contributed by atoms with Crippen LogP contribution < -0.4 is 5.32 Å². The first-order chi connectivity index (χ1) is 12.6. The zero-order valence-electron chi connectivity index (χ0n) is 13.4. The molecule has 9 heteroatoms. The Morgan fingerprint density at radius 2 is 2.08 bits per heavy atom. The average Bonchev–Trinajstić information content (AvgIpc) is 3.38. The summed E-state index contributed by atoms with van der Waals surface area (Å²) in [5, 5.41) is 6.79. The number of rotatable bonds is 4. The second-order valence-electron chi connectivity index (χ2n) is 5.20. The second kappa shape index (κ2) is 6.45. The summed E-state index contributed by atoms with van der Waals surface area (Å²) in [6, 6.07) is 9.87. The van der Waals surface area contributed by atoms with Gasteiger partial charge in [-0.25, -0.2) is 9.78 Å². The molecule has 0 radical (unpaired) electrons. The van der Waals surface area contributed by atoms with Crippen LogP contribution in [0.4, 0.5) is 5.13 Å². The number of fused-ring (bicyclic) bond motifs is 1. The van der Waals surface area contributed by atoms with Crippen LogP contribution in [0.15, 0.2) is 51.6 Å². The highest BCUT2D eigenvalue weighted by molar-refractivity contribution is 7.22. The number of anilines is 1. The molecule has 1 aromatic carbocycles. The summed E-state index contributed by atoms with van der Waals surface area (Å²) in [6.45, 7) is 0. The standard InChI is InChI=1S/C17H11N3O5S/c1-23-16(22)9-4-5-10-14(7-9)26-17(18-10)19-15(21)11-8-13(25-20-11)12-3-2-6-24-12/h2-8H,1H3,(H,18,19,21). The summed E-state index contributed by atoms with van der Waals surface area (Å²) in [4.78, 5) is 28.2. The summed E-state index contributed by atoms with van der Waals surface area (Å²) < 4.78 is 15.8. The first-order valence-electron chi connectivity index (χ1n) is 7.45. The van der Waals surface area contributed by atoms with Crippen molar-refractivity contribution in [2.24, 2.45) is 0 Å². The summed E-state index contributed by atoms with van der Waals surface area (Å²) in [5.74, 6) is -0.0585. The van der Waals surface area contributed by atoms with Crippen molar-refractivity contribution in [1.29, 1.82) is 0 Å². The number of amides is 1. The van der Waals surface area contributed by atoms with Gasteiger partial charge in [-0.15, -0.1) is 0 Å². The number of furan rings is 1. The Morgan fingerprint density at radius 1 is 1.19 bits per heavy atom. The molecule has 0 bridgehead atoms. The first-order valence-corrected chi connectivity index (χ1v) is 8.26. The number of ether oxygens (including phenoxy) is 1. The number of aromatic nitrogens is 2. The smallest absolute Gasteiger partial charge is 0.337 e. The minimum Gasteiger partial charge on any atom is -0.465 e. The Hall–Kier alpha value is -3.46. The number of hydrogen-bond donors (Lipinski definition) is 1. The Balaban J connectivity index is 1.55. The zero-order valence-corrected chi connectivity index (χ0v) is 14.2. The Morgan fingerprint density at radius 3 is 2.85 bits per heavy atom. The Kier molecular flexibility index (Phi) is 3.98. The average molecular weight is 369 g/mol.